The molecule has 0 spiro atoms. The lowest BCUT2D eigenvalue weighted by atomic mass is 9.86. The first kappa shape index (κ1) is 41.0. The number of benzene rings is 1. The van der Waals surface area contributed by atoms with Gasteiger partial charge in [-0.05, 0) is 23.8 Å². The Kier molecular flexibility index (Phi) is 14.9. The number of hydrogen-bond acceptors (Lipinski definition) is 19. The zero-order valence-electron chi connectivity index (χ0n) is 28.2. The van der Waals surface area contributed by atoms with E-state index in [1.54, 1.807) is 12.1 Å². The van der Waals surface area contributed by atoms with Crippen LogP contribution in [0.25, 0.3) is 0 Å². The number of rotatable bonds is 14. The molecule has 0 amide bonds. The normalized spacial score (nSPS) is 34.2. The lowest BCUT2D eigenvalue weighted by molar-refractivity contribution is -0.369. The number of carbonyl (C=O) groups excluding carboxylic acids is 3. The minimum absolute atomic E-state index is 0.0218. The van der Waals surface area contributed by atoms with Crippen molar-refractivity contribution < 1.29 is 93.1 Å². The number of aromatic hydroxyl groups is 1. The average molecular weight is 745 g/mol. The van der Waals surface area contributed by atoms with Crippen LogP contribution < -0.4 is 0 Å². The van der Waals surface area contributed by atoms with Gasteiger partial charge in [-0.2, -0.15) is 0 Å². The third-order valence-corrected chi connectivity index (χ3v) is 8.58. The van der Waals surface area contributed by atoms with E-state index in [9.17, 15) is 55.2 Å². The maximum atomic E-state index is 13.1. The standard InChI is InChI=1S/C33H44O19/c1-15(36)46-10-8-18-19(11-23(38)47-9-7-16-3-5-17(37)6-4-16)20(30(44)45-2)14-48-31(18)52-33-28(43)29(25(40)22(13-35)50-33)51-32-27(42)26(41)24(39)21(12-34)49-32/h3-6,8,14,19,21-22,24-29,31-35,37,39-43H,7,9-13H2,1-2H3/t19-,21+,22+,24+,25+,26-,27+,28+,29-,31-,32-,33-/m0/s1. The minimum Gasteiger partial charge on any atom is -0.508 e. The molecule has 290 valence electrons. The highest BCUT2D eigenvalue weighted by Gasteiger charge is 2.52. The Morgan fingerprint density at radius 2 is 1.46 bits per heavy atom. The van der Waals surface area contributed by atoms with Gasteiger partial charge < -0.3 is 78.7 Å². The Balaban J connectivity index is 1.57. The predicted molar refractivity (Wildman–Crippen MR) is 168 cm³/mol. The number of ether oxygens (including phenoxy) is 8. The topological polar surface area (TPSA) is 287 Å². The van der Waals surface area contributed by atoms with E-state index in [-0.39, 0.29) is 30.1 Å². The summed E-state index contributed by atoms with van der Waals surface area (Å²) in [6.07, 6.45) is -16.9. The van der Waals surface area contributed by atoms with Gasteiger partial charge in [0.1, 0.15) is 61.2 Å². The molecule has 0 unspecified atom stereocenters. The van der Waals surface area contributed by atoms with Crippen molar-refractivity contribution in [1.29, 1.82) is 0 Å². The van der Waals surface area contributed by atoms with Crippen LogP contribution in [0, 0.1) is 5.92 Å². The number of carbonyl (C=O) groups is 3. The number of esters is 3. The Labute approximate surface area is 297 Å². The maximum Gasteiger partial charge on any atom is 0.337 e. The maximum absolute atomic E-state index is 13.1. The molecule has 52 heavy (non-hydrogen) atoms. The average Bonchev–Trinajstić information content (AvgIpc) is 3.12. The van der Waals surface area contributed by atoms with Crippen molar-refractivity contribution in [2.24, 2.45) is 5.92 Å². The van der Waals surface area contributed by atoms with Gasteiger partial charge in [-0.3, -0.25) is 9.59 Å². The second-order valence-electron chi connectivity index (χ2n) is 12.1. The Hall–Kier alpha value is -3.73. The fraction of sp³-hybridized carbons (Fsp3) is 0.606. The van der Waals surface area contributed by atoms with Gasteiger partial charge in [-0.1, -0.05) is 12.1 Å². The third-order valence-electron chi connectivity index (χ3n) is 8.58. The first-order chi connectivity index (χ1) is 24.8. The molecule has 2 fully saturated rings. The highest BCUT2D eigenvalue weighted by molar-refractivity contribution is 5.90. The first-order valence-electron chi connectivity index (χ1n) is 16.2. The highest BCUT2D eigenvalue weighted by atomic mass is 16.8. The van der Waals surface area contributed by atoms with E-state index in [4.69, 9.17) is 37.9 Å². The van der Waals surface area contributed by atoms with Crippen LogP contribution in [-0.2, 0) is 58.7 Å². The van der Waals surface area contributed by atoms with Crippen LogP contribution in [-0.4, -0.2) is 160 Å². The van der Waals surface area contributed by atoms with E-state index in [0.29, 0.717) is 6.42 Å². The summed E-state index contributed by atoms with van der Waals surface area (Å²) in [5.74, 6) is -3.41. The summed E-state index contributed by atoms with van der Waals surface area (Å²) in [4.78, 5) is 37.5. The van der Waals surface area contributed by atoms with Gasteiger partial charge in [0.15, 0.2) is 12.6 Å². The quantitative estimate of drug-likeness (QED) is 0.0536. The summed E-state index contributed by atoms with van der Waals surface area (Å²) < 4.78 is 43.5. The molecular weight excluding hydrogens is 700 g/mol. The number of aliphatic hydroxyl groups is 7. The second-order valence-corrected chi connectivity index (χ2v) is 12.1. The number of phenols is 1. The fourth-order valence-electron chi connectivity index (χ4n) is 5.73. The van der Waals surface area contributed by atoms with Crippen molar-refractivity contribution in [2.75, 3.05) is 33.5 Å². The first-order valence-corrected chi connectivity index (χ1v) is 16.2. The zero-order chi connectivity index (χ0) is 38.1. The van der Waals surface area contributed by atoms with Crippen LogP contribution >= 0.6 is 0 Å². The fourth-order valence-corrected chi connectivity index (χ4v) is 5.73. The molecule has 1 aromatic carbocycles. The Bertz CT molecular complexity index is 1410. The number of hydrogen-bond donors (Lipinski definition) is 8. The van der Waals surface area contributed by atoms with Crippen molar-refractivity contribution in [1.82, 2.24) is 0 Å². The van der Waals surface area contributed by atoms with E-state index in [1.165, 1.54) is 18.2 Å². The van der Waals surface area contributed by atoms with Crippen LogP contribution in [0.5, 0.6) is 5.75 Å². The van der Waals surface area contributed by atoms with Crippen LogP contribution in [0.4, 0.5) is 0 Å². The van der Waals surface area contributed by atoms with E-state index >= 15 is 0 Å². The van der Waals surface area contributed by atoms with Gasteiger partial charge in [0.2, 0.25) is 6.29 Å². The molecule has 3 aliphatic heterocycles. The molecule has 12 atom stereocenters. The van der Waals surface area contributed by atoms with Crippen LogP contribution in [0.2, 0.25) is 0 Å². The molecule has 0 radical (unpaired) electrons. The van der Waals surface area contributed by atoms with Crippen LogP contribution in [0.1, 0.15) is 18.9 Å². The van der Waals surface area contributed by atoms with E-state index in [2.05, 4.69) is 0 Å². The summed E-state index contributed by atoms with van der Waals surface area (Å²) in [6, 6.07) is 6.26. The molecule has 4 rings (SSSR count). The summed E-state index contributed by atoms with van der Waals surface area (Å²) in [5.41, 5.74) is 0.645. The van der Waals surface area contributed by atoms with E-state index < -0.39 is 111 Å². The molecular formula is C33H44O19. The highest BCUT2D eigenvalue weighted by Crippen LogP contribution is 2.37. The van der Waals surface area contributed by atoms with Crippen molar-refractivity contribution in [3.05, 3.63) is 53.3 Å². The molecule has 8 N–H and O–H groups in total. The molecule has 0 saturated carbocycles. The molecule has 1 aromatic rings. The van der Waals surface area contributed by atoms with Crippen LogP contribution in [0.3, 0.4) is 0 Å². The third kappa shape index (κ3) is 10.0. The molecule has 0 aromatic heterocycles. The van der Waals surface area contributed by atoms with E-state index in [0.717, 1.165) is 25.9 Å². The molecule has 0 bridgehead atoms. The lowest BCUT2D eigenvalue weighted by Gasteiger charge is -2.46. The summed E-state index contributed by atoms with van der Waals surface area (Å²) in [5, 5.41) is 81.9. The molecule has 0 aliphatic carbocycles. The van der Waals surface area contributed by atoms with Crippen molar-refractivity contribution in [3.63, 3.8) is 0 Å². The zero-order valence-corrected chi connectivity index (χ0v) is 28.2. The largest absolute Gasteiger partial charge is 0.508 e. The van der Waals surface area contributed by atoms with Gasteiger partial charge in [-0.15, -0.1) is 0 Å². The van der Waals surface area contributed by atoms with E-state index in [1.807, 2.05) is 0 Å². The monoisotopic (exact) mass is 744 g/mol. The van der Waals surface area contributed by atoms with Gasteiger partial charge >= 0.3 is 17.9 Å². The molecule has 19 heteroatoms. The number of phenolic OH excluding ortho intramolecular Hbond substituents is 1. The van der Waals surface area contributed by atoms with Gasteiger partial charge in [0.25, 0.3) is 0 Å². The molecule has 3 aliphatic rings. The predicted octanol–water partition coefficient (Wildman–Crippen LogP) is -2.97. The Morgan fingerprint density at radius 1 is 0.827 bits per heavy atom. The summed E-state index contributed by atoms with van der Waals surface area (Å²) in [6.45, 7) is -0.921. The van der Waals surface area contributed by atoms with Gasteiger partial charge in [-0.25, -0.2) is 4.79 Å². The molecule has 3 heterocycles. The van der Waals surface area contributed by atoms with Crippen molar-refractivity contribution >= 4 is 17.9 Å². The Morgan fingerprint density at radius 3 is 2.08 bits per heavy atom. The van der Waals surface area contributed by atoms with Crippen LogP contribution in [0.15, 0.2) is 47.7 Å². The van der Waals surface area contributed by atoms with Gasteiger partial charge in [0.05, 0.1) is 45.2 Å². The van der Waals surface area contributed by atoms with Crippen molar-refractivity contribution in [3.8, 4) is 5.75 Å². The van der Waals surface area contributed by atoms with Crippen molar-refractivity contribution in [2.45, 2.75) is 87.5 Å². The second kappa shape index (κ2) is 18.9. The molecule has 2 saturated heterocycles. The summed E-state index contributed by atoms with van der Waals surface area (Å²) in [7, 11) is 1.10. The minimum atomic E-state index is -1.95. The SMILES string of the molecule is COC(=O)C1=CO[C@@H](O[C@@H]2O[C@H](CO)[C@@H](O)[C@H](O[C@@H]3O[C@H](CO)[C@@H](O)[C@H](O)[C@H]3O)[C@H]2O)C(=CCOC(C)=O)[C@@H]1CC(=O)OCCc1ccc(O)cc1. The lowest BCUT2D eigenvalue weighted by Crippen LogP contribution is -2.65. The van der Waals surface area contributed by atoms with Gasteiger partial charge in [0, 0.05) is 24.8 Å². The number of aliphatic hydroxyl groups excluding tert-OH is 7. The summed E-state index contributed by atoms with van der Waals surface area (Å²) >= 11 is 0. The number of methoxy groups -OCH3 is 1. The smallest absolute Gasteiger partial charge is 0.337 e. The molecule has 19 nitrogen and oxygen atoms in total.